The molecule has 1 aromatic carbocycles. The zero-order valence-electron chi connectivity index (χ0n) is 39.9. The van der Waals surface area contributed by atoms with Gasteiger partial charge in [-0.25, -0.2) is 0 Å². The van der Waals surface area contributed by atoms with Gasteiger partial charge >= 0.3 is 0 Å². The standard InChI is InChI=1S/C46H72N10O12/c1-7-25(4)37(39(48)61)54-45(67)36(24(2)3)53-42(64)31-18-20-35(60)49-21-9-8-11-26(5)40(62)52-32(23-28-13-15-29(58)16-14-28)43(65)55-38(27(6)57)46(68)56-22-10-12-33(56)44(66)51-30(41(63)50-31)17-19-34(47)59/h13-16,24-27,30-33,36-38,57-58H,7-12,17-23H2,1-6H3,(H2,47,59)(H2,48,61)(H,49,60)(H,50,63)(H,51,66)(H,52,62)(H,53,64)(H,54,67)(H,55,65)/t25?,26-,27-,30?,31?,32-,33-,36?,37-,38?/m0/s1. The number of aliphatic hydroxyl groups excluding tert-OH is 1. The number of fused-ring (bicyclic) bond motifs is 1. The Morgan fingerprint density at radius 1 is 0.794 bits per heavy atom. The molecule has 3 rings (SSSR count). The number of primary amides is 2. The van der Waals surface area contributed by atoms with E-state index in [1.807, 2.05) is 6.92 Å². The summed E-state index contributed by atoms with van der Waals surface area (Å²) in [5, 5.41) is 39.1. The summed E-state index contributed by atoms with van der Waals surface area (Å²) in [6.45, 7) is 9.98. The number of nitrogens with two attached hydrogens (primary N) is 2. The number of amides is 10. The molecule has 10 amide bonds. The molecule has 378 valence electrons. The van der Waals surface area contributed by atoms with Gasteiger partial charge in [0.2, 0.25) is 59.1 Å². The van der Waals surface area contributed by atoms with Crippen molar-refractivity contribution < 1.29 is 58.2 Å². The predicted octanol–water partition coefficient (Wildman–Crippen LogP) is -1.62. The van der Waals surface area contributed by atoms with E-state index in [0.29, 0.717) is 37.7 Å². The van der Waals surface area contributed by atoms with E-state index in [-0.39, 0.29) is 56.9 Å². The lowest BCUT2D eigenvalue weighted by molar-refractivity contribution is -0.144. The van der Waals surface area contributed by atoms with Gasteiger partial charge in [-0.1, -0.05) is 59.6 Å². The lowest BCUT2D eigenvalue weighted by atomic mass is 9.96. The van der Waals surface area contributed by atoms with E-state index in [2.05, 4.69) is 37.2 Å². The molecule has 0 aliphatic carbocycles. The number of phenols is 1. The molecule has 13 N–H and O–H groups in total. The second-order valence-electron chi connectivity index (χ2n) is 18.3. The van der Waals surface area contributed by atoms with Gasteiger partial charge in [-0.05, 0) is 75.0 Å². The Morgan fingerprint density at radius 3 is 2.04 bits per heavy atom. The molecule has 5 unspecified atom stereocenters. The zero-order valence-corrected chi connectivity index (χ0v) is 39.9. The number of hydrogen-bond donors (Lipinski definition) is 11. The molecule has 2 saturated heterocycles. The number of rotatable bonds is 14. The third-order valence-corrected chi connectivity index (χ3v) is 12.4. The minimum atomic E-state index is -1.59. The smallest absolute Gasteiger partial charge is 0.248 e. The number of benzene rings is 1. The van der Waals surface area contributed by atoms with Gasteiger partial charge in [0.05, 0.1) is 6.10 Å². The van der Waals surface area contributed by atoms with Crippen molar-refractivity contribution in [3.8, 4) is 5.75 Å². The SMILES string of the molecule is CCC(C)[C@H](NC(=O)C(NC(=O)C1CCC(=O)NCCCC[C@H](C)C(=O)N[C@@H](Cc2ccc(O)cc2)C(=O)NC([C@H](C)O)C(=O)N2CCC[C@H]2C(=O)NC(CCC(N)=O)C(=O)N1)C(C)C)C(N)=O. The number of aliphatic hydroxyl groups is 1. The first-order valence-electron chi connectivity index (χ1n) is 23.5. The van der Waals surface area contributed by atoms with E-state index in [9.17, 15) is 58.2 Å². The van der Waals surface area contributed by atoms with Crippen LogP contribution in [0.1, 0.15) is 111 Å². The first-order chi connectivity index (χ1) is 32.0. The highest BCUT2D eigenvalue weighted by Gasteiger charge is 2.42. The Kier molecular flexibility index (Phi) is 22.1. The number of phenolic OH excluding ortho intramolecular Hbond substituents is 1. The Bertz CT molecular complexity index is 1960. The van der Waals surface area contributed by atoms with Crippen LogP contribution in [0.25, 0.3) is 0 Å². The fraction of sp³-hybridized carbons (Fsp3) is 0.652. The van der Waals surface area contributed by atoms with Crippen molar-refractivity contribution in [1.82, 2.24) is 42.1 Å². The minimum Gasteiger partial charge on any atom is -0.508 e. The van der Waals surface area contributed by atoms with Crippen molar-refractivity contribution in [2.45, 2.75) is 161 Å². The van der Waals surface area contributed by atoms with Crippen LogP contribution >= 0.6 is 0 Å². The van der Waals surface area contributed by atoms with Crippen LogP contribution in [0.15, 0.2) is 24.3 Å². The maximum absolute atomic E-state index is 14.2. The van der Waals surface area contributed by atoms with Gasteiger partial charge in [-0.15, -0.1) is 0 Å². The van der Waals surface area contributed by atoms with Crippen molar-refractivity contribution >= 4 is 59.1 Å². The second kappa shape index (κ2) is 26.9. The third-order valence-electron chi connectivity index (χ3n) is 12.4. The van der Waals surface area contributed by atoms with E-state index in [0.717, 1.165) is 4.90 Å². The maximum atomic E-state index is 14.2. The summed E-state index contributed by atoms with van der Waals surface area (Å²) in [4.78, 5) is 136. The van der Waals surface area contributed by atoms with Gasteiger partial charge in [0.15, 0.2) is 0 Å². The van der Waals surface area contributed by atoms with Crippen LogP contribution in [-0.4, -0.2) is 136 Å². The fourth-order valence-corrected chi connectivity index (χ4v) is 7.94. The van der Waals surface area contributed by atoms with Crippen molar-refractivity contribution in [2.24, 2.45) is 29.2 Å². The Labute approximate surface area is 397 Å². The molecule has 2 heterocycles. The molecule has 2 fully saturated rings. The first kappa shape index (κ1) is 56.0. The van der Waals surface area contributed by atoms with Crippen LogP contribution in [0.4, 0.5) is 0 Å². The van der Waals surface area contributed by atoms with Gasteiger partial charge in [0.25, 0.3) is 0 Å². The van der Waals surface area contributed by atoms with Gasteiger partial charge < -0.3 is 63.8 Å². The summed E-state index contributed by atoms with van der Waals surface area (Å²) < 4.78 is 0. The Morgan fingerprint density at radius 2 is 1.44 bits per heavy atom. The number of carbonyl (C=O) groups excluding carboxylic acids is 10. The van der Waals surface area contributed by atoms with Crippen LogP contribution in [0.3, 0.4) is 0 Å². The van der Waals surface area contributed by atoms with Crippen molar-refractivity contribution in [3.05, 3.63) is 29.8 Å². The molecule has 2 aliphatic heterocycles. The van der Waals surface area contributed by atoms with E-state index in [4.69, 9.17) is 11.5 Å². The lowest BCUT2D eigenvalue weighted by Crippen LogP contribution is -2.61. The van der Waals surface area contributed by atoms with Crippen LogP contribution in [0, 0.1) is 17.8 Å². The van der Waals surface area contributed by atoms with E-state index in [1.165, 1.54) is 19.1 Å². The van der Waals surface area contributed by atoms with Crippen LogP contribution in [-0.2, 0) is 54.4 Å². The molecular weight excluding hydrogens is 885 g/mol. The molecule has 68 heavy (non-hydrogen) atoms. The summed E-state index contributed by atoms with van der Waals surface area (Å²) >= 11 is 0. The molecule has 1 aromatic rings. The molecule has 0 bridgehead atoms. The molecular formula is C46H72N10O12. The van der Waals surface area contributed by atoms with Crippen molar-refractivity contribution in [1.29, 1.82) is 0 Å². The number of nitrogens with zero attached hydrogens (tertiary/aromatic N) is 1. The summed E-state index contributed by atoms with van der Waals surface area (Å²) in [5.41, 5.74) is 11.6. The topological polar surface area (TPSA) is 351 Å². The van der Waals surface area contributed by atoms with Gasteiger partial charge in [0.1, 0.15) is 48.0 Å². The Hall–Kier alpha value is -6.32. The minimum absolute atomic E-state index is 0.0192. The number of nitrogens with one attached hydrogen (secondary N) is 7. The highest BCUT2D eigenvalue weighted by atomic mass is 16.3. The molecule has 22 nitrogen and oxygen atoms in total. The average Bonchev–Trinajstić information content (AvgIpc) is 3.78. The third kappa shape index (κ3) is 17.1. The molecule has 0 spiro atoms. The molecule has 22 heteroatoms. The fourth-order valence-electron chi connectivity index (χ4n) is 7.94. The van der Waals surface area contributed by atoms with E-state index in [1.54, 1.807) is 39.8 Å². The molecule has 0 radical (unpaired) electrons. The summed E-state index contributed by atoms with van der Waals surface area (Å²) in [6.07, 6.45) is -0.660. The highest BCUT2D eigenvalue weighted by molar-refractivity contribution is 5.98. The first-order valence-corrected chi connectivity index (χ1v) is 23.5. The van der Waals surface area contributed by atoms with Crippen molar-refractivity contribution in [3.63, 3.8) is 0 Å². The van der Waals surface area contributed by atoms with Gasteiger partial charge in [0, 0.05) is 38.3 Å². The quantitative estimate of drug-likeness (QED) is 0.100. The number of aromatic hydroxyl groups is 1. The summed E-state index contributed by atoms with van der Waals surface area (Å²) in [5.74, 6) is -9.07. The largest absolute Gasteiger partial charge is 0.508 e. The zero-order chi connectivity index (χ0) is 50.8. The normalized spacial score (nSPS) is 24.9. The number of hydrogen-bond acceptors (Lipinski definition) is 12. The van der Waals surface area contributed by atoms with Crippen LogP contribution < -0.4 is 48.7 Å². The maximum Gasteiger partial charge on any atom is 0.248 e. The molecule has 2 aliphatic rings. The van der Waals surface area contributed by atoms with Crippen LogP contribution in [0.5, 0.6) is 5.75 Å². The average molecular weight is 957 g/mol. The van der Waals surface area contributed by atoms with Gasteiger partial charge in [-0.3, -0.25) is 47.9 Å². The lowest BCUT2D eigenvalue weighted by Gasteiger charge is -2.32. The predicted molar refractivity (Wildman–Crippen MR) is 247 cm³/mol. The summed E-state index contributed by atoms with van der Waals surface area (Å²) in [7, 11) is 0. The van der Waals surface area contributed by atoms with Gasteiger partial charge in [-0.2, -0.15) is 0 Å². The van der Waals surface area contributed by atoms with Crippen LogP contribution in [0.2, 0.25) is 0 Å². The van der Waals surface area contributed by atoms with E-state index >= 15 is 0 Å². The molecule has 0 aromatic heterocycles. The van der Waals surface area contributed by atoms with Crippen molar-refractivity contribution in [2.75, 3.05) is 13.1 Å². The highest BCUT2D eigenvalue weighted by Crippen LogP contribution is 2.21. The number of carbonyl (C=O) groups is 10. The summed E-state index contributed by atoms with van der Waals surface area (Å²) in [6, 6.07) is -3.37. The van der Waals surface area contributed by atoms with E-state index < -0.39 is 126 Å². The Balaban J connectivity index is 2.00. The molecule has 10 atom stereocenters. The second-order valence-corrected chi connectivity index (χ2v) is 18.3. The monoisotopic (exact) mass is 957 g/mol. The molecule has 0 saturated carbocycles.